The molecule has 0 aliphatic heterocycles. The molecule has 0 fully saturated rings. The van der Waals surface area contributed by atoms with E-state index in [4.69, 9.17) is 9.68 Å². The van der Waals surface area contributed by atoms with E-state index in [9.17, 15) is 4.79 Å². The Hall–Kier alpha value is -0.870. The van der Waals surface area contributed by atoms with Crippen molar-refractivity contribution in [1.82, 2.24) is 5.23 Å². The SMILES string of the molecule is C=C(C)C(=O)N(OCC(C)C)OCC(C)C. The quantitative estimate of drug-likeness (QED) is 0.497. The zero-order chi connectivity index (χ0) is 12.7. The summed E-state index contributed by atoms with van der Waals surface area (Å²) in [7, 11) is 0. The Bertz CT molecular complexity index is 224. The molecule has 94 valence electrons. The first kappa shape index (κ1) is 15.1. The van der Waals surface area contributed by atoms with Gasteiger partial charge < -0.3 is 0 Å². The lowest BCUT2D eigenvalue weighted by molar-refractivity contribution is -0.345. The normalized spacial score (nSPS) is 10.9. The molecule has 0 unspecified atom stereocenters. The summed E-state index contributed by atoms with van der Waals surface area (Å²) in [6, 6.07) is 0. The highest BCUT2D eigenvalue weighted by Gasteiger charge is 2.17. The van der Waals surface area contributed by atoms with Crippen LogP contribution in [0.15, 0.2) is 12.2 Å². The Kier molecular flexibility index (Phi) is 7.01. The number of amides is 1. The average Bonchev–Trinajstić information content (AvgIpc) is 2.16. The minimum atomic E-state index is -0.332. The minimum Gasteiger partial charge on any atom is -0.265 e. The highest BCUT2D eigenvalue weighted by Crippen LogP contribution is 2.06. The third kappa shape index (κ3) is 6.58. The Balaban J connectivity index is 4.26. The molecule has 0 saturated heterocycles. The van der Waals surface area contributed by atoms with Gasteiger partial charge in [-0.05, 0) is 18.8 Å². The lowest BCUT2D eigenvalue weighted by Gasteiger charge is -2.22. The molecule has 0 heterocycles. The van der Waals surface area contributed by atoms with Gasteiger partial charge in [0, 0.05) is 5.57 Å². The van der Waals surface area contributed by atoms with Crippen molar-refractivity contribution in [2.45, 2.75) is 34.6 Å². The fourth-order valence-electron chi connectivity index (χ4n) is 0.744. The van der Waals surface area contributed by atoms with Gasteiger partial charge >= 0.3 is 0 Å². The maximum absolute atomic E-state index is 11.6. The van der Waals surface area contributed by atoms with Gasteiger partial charge in [-0.15, -0.1) is 0 Å². The van der Waals surface area contributed by atoms with Crippen LogP contribution in [0.25, 0.3) is 0 Å². The first-order valence-corrected chi connectivity index (χ1v) is 5.60. The van der Waals surface area contributed by atoms with Crippen LogP contribution in [0.2, 0.25) is 0 Å². The molecular formula is C12H23NO3. The largest absolute Gasteiger partial charge is 0.299 e. The van der Waals surface area contributed by atoms with Crippen LogP contribution in [0.1, 0.15) is 34.6 Å². The van der Waals surface area contributed by atoms with Gasteiger partial charge in [0.15, 0.2) is 0 Å². The van der Waals surface area contributed by atoms with E-state index in [-0.39, 0.29) is 5.91 Å². The molecule has 1 amide bonds. The van der Waals surface area contributed by atoms with E-state index in [2.05, 4.69) is 6.58 Å². The summed E-state index contributed by atoms with van der Waals surface area (Å²) in [6.45, 7) is 14.1. The van der Waals surface area contributed by atoms with Crippen LogP contribution in [-0.2, 0) is 14.5 Å². The number of carbonyl (C=O) groups is 1. The second-order valence-electron chi connectivity index (χ2n) is 4.72. The van der Waals surface area contributed by atoms with E-state index in [1.165, 1.54) is 0 Å². The van der Waals surface area contributed by atoms with E-state index in [1.807, 2.05) is 27.7 Å². The highest BCUT2D eigenvalue weighted by atomic mass is 17.0. The van der Waals surface area contributed by atoms with Crippen molar-refractivity contribution < 1.29 is 14.5 Å². The monoisotopic (exact) mass is 229 g/mol. The predicted molar refractivity (Wildman–Crippen MR) is 63.2 cm³/mol. The van der Waals surface area contributed by atoms with Crippen LogP contribution in [-0.4, -0.2) is 24.3 Å². The van der Waals surface area contributed by atoms with E-state index >= 15 is 0 Å². The second kappa shape index (κ2) is 7.41. The summed E-state index contributed by atoms with van der Waals surface area (Å²) in [6.07, 6.45) is 0. The van der Waals surface area contributed by atoms with E-state index in [1.54, 1.807) is 6.92 Å². The van der Waals surface area contributed by atoms with Gasteiger partial charge in [-0.1, -0.05) is 39.5 Å². The molecule has 0 bridgehead atoms. The van der Waals surface area contributed by atoms with Gasteiger partial charge in [-0.3, -0.25) is 4.79 Å². The van der Waals surface area contributed by atoms with Crippen molar-refractivity contribution >= 4 is 5.91 Å². The molecule has 0 aromatic carbocycles. The maximum atomic E-state index is 11.6. The number of nitrogens with zero attached hydrogens (tertiary/aromatic N) is 1. The Morgan fingerprint density at radius 3 is 1.75 bits per heavy atom. The molecule has 16 heavy (non-hydrogen) atoms. The van der Waals surface area contributed by atoms with Gasteiger partial charge in [0.25, 0.3) is 5.91 Å². The van der Waals surface area contributed by atoms with Crippen molar-refractivity contribution in [3.8, 4) is 0 Å². The summed E-state index contributed by atoms with van der Waals surface area (Å²) in [5.41, 5.74) is 0.396. The Morgan fingerprint density at radius 2 is 1.50 bits per heavy atom. The Morgan fingerprint density at radius 1 is 1.12 bits per heavy atom. The van der Waals surface area contributed by atoms with Crippen molar-refractivity contribution in [2.24, 2.45) is 11.8 Å². The van der Waals surface area contributed by atoms with Crippen molar-refractivity contribution in [1.29, 1.82) is 0 Å². The molecular weight excluding hydrogens is 206 g/mol. The molecule has 0 spiro atoms. The number of carbonyl (C=O) groups excluding carboxylic acids is 1. The number of hydroxylamine groups is 2. The van der Waals surface area contributed by atoms with Crippen molar-refractivity contribution in [2.75, 3.05) is 13.2 Å². The maximum Gasteiger partial charge on any atom is 0.299 e. The van der Waals surface area contributed by atoms with Crippen molar-refractivity contribution in [3.05, 3.63) is 12.2 Å². The minimum absolute atomic E-state index is 0.332. The third-order valence-corrected chi connectivity index (χ3v) is 1.58. The average molecular weight is 229 g/mol. The fraction of sp³-hybridized carbons (Fsp3) is 0.750. The summed E-state index contributed by atoms with van der Waals surface area (Å²) in [5.74, 6) is 0.340. The second-order valence-corrected chi connectivity index (χ2v) is 4.72. The van der Waals surface area contributed by atoms with Crippen LogP contribution < -0.4 is 0 Å². The molecule has 4 nitrogen and oxygen atoms in total. The van der Waals surface area contributed by atoms with Crippen LogP contribution in [0, 0.1) is 11.8 Å². The standard InChI is InChI=1S/C12H23NO3/c1-9(2)7-15-13(12(14)11(5)6)16-8-10(3)4/h9-10H,5,7-8H2,1-4,6H3. The smallest absolute Gasteiger partial charge is 0.265 e. The zero-order valence-corrected chi connectivity index (χ0v) is 10.9. The van der Waals surface area contributed by atoms with Crippen LogP contribution in [0.4, 0.5) is 0 Å². The molecule has 0 aromatic heterocycles. The molecule has 0 aromatic rings. The van der Waals surface area contributed by atoms with Crippen LogP contribution in [0.5, 0.6) is 0 Å². The molecule has 0 saturated carbocycles. The number of hydrogen-bond acceptors (Lipinski definition) is 3. The fourth-order valence-corrected chi connectivity index (χ4v) is 0.744. The molecule has 0 N–H and O–H groups in total. The summed E-state index contributed by atoms with van der Waals surface area (Å²) in [4.78, 5) is 22.2. The lowest BCUT2D eigenvalue weighted by Crippen LogP contribution is -2.34. The molecule has 0 aliphatic carbocycles. The summed E-state index contributed by atoms with van der Waals surface area (Å²) in [5, 5.41) is 0.947. The van der Waals surface area contributed by atoms with E-state index in [0.717, 1.165) is 5.23 Å². The molecule has 0 atom stereocenters. The van der Waals surface area contributed by atoms with Gasteiger partial charge in [0.2, 0.25) is 0 Å². The zero-order valence-electron chi connectivity index (χ0n) is 10.9. The summed E-state index contributed by atoms with van der Waals surface area (Å²) < 4.78 is 0. The Labute approximate surface area is 98.1 Å². The van der Waals surface area contributed by atoms with E-state index < -0.39 is 0 Å². The highest BCUT2D eigenvalue weighted by molar-refractivity contribution is 5.90. The van der Waals surface area contributed by atoms with Gasteiger partial charge in [0.1, 0.15) is 0 Å². The topological polar surface area (TPSA) is 38.8 Å². The van der Waals surface area contributed by atoms with E-state index in [0.29, 0.717) is 30.6 Å². The first-order valence-electron chi connectivity index (χ1n) is 5.60. The third-order valence-electron chi connectivity index (χ3n) is 1.58. The van der Waals surface area contributed by atoms with Crippen molar-refractivity contribution in [3.63, 3.8) is 0 Å². The lowest BCUT2D eigenvalue weighted by atomic mass is 10.2. The molecule has 4 heteroatoms. The van der Waals surface area contributed by atoms with Crippen LogP contribution >= 0.6 is 0 Å². The summed E-state index contributed by atoms with van der Waals surface area (Å²) >= 11 is 0. The number of rotatable bonds is 7. The molecule has 0 aliphatic rings. The van der Waals surface area contributed by atoms with Gasteiger partial charge in [-0.2, -0.15) is 0 Å². The van der Waals surface area contributed by atoms with Gasteiger partial charge in [-0.25, -0.2) is 9.68 Å². The molecule has 0 rings (SSSR count). The number of hydrogen-bond donors (Lipinski definition) is 0. The molecule has 0 radical (unpaired) electrons. The first-order chi connectivity index (χ1) is 7.34. The predicted octanol–water partition coefficient (Wildman–Crippen LogP) is 2.57. The van der Waals surface area contributed by atoms with Crippen LogP contribution in [0.3, 0.4) is 0 Å². The van der Waals surface area contributed by atoms with Gasteiger partial charge in [0.05, 0.1) is 13.2 Å².